The first-order valence-electron chi connectivity index (χ1n) is 13.5. The number of allylic oxidation sites excluding steroid dienone is 1. The Balaban J connectivity index is 1.97. The van der Waals surface area contributed by atoms with Gasteiger partial charge in [-0.3, -0.25) is 19.4 Å². The molecular formula is C28H35Cl2F3N4O4. The molecule has 2 saturated carbocycles. The fourth-order valence-electron chi connectivity index (χ4n) is 5.69. The minimum Gasteiger partial charge on any atom is -0.481 e. The first-order valence-corrected chi connectivity index (χ1v) is 14.3. The highest BCUT2D eigenvalue weighted by Crippen LogP contribution is 2.39. The van der Waals surface area contributed by atoms with E-state index in [4.69, 9.17) is 28.6 Å². The molecule has 8 nitrogen and oxygen atoms in total. The summed E-state index contributed by atoms with van der Waals surface area (Å²) in [7, 11) is 0. The summed E-state index contributed by atoms with van der Waals surface area (Å²) < 4.78 is 43.2. The number of carboxylic acid groups (broad SMARTS) is 1. The Hall–Kier alpha value is -2.66. The van der Waals surface area contributed by atoms with Gasteiger partial charge >= 0.3 is 12.1 Å². The number of rotatable bonds is 10. The van der Waals surface area contributed by atoms with E-state index in [1.165, 1.54) is 12.4 Å². The fraction of sp³-hybridized carbons (Fsp3) is 0.607. The number of amides is 1. The van der Waals surface area contributed by atoms with Crippen LogP contribution in [0.2, 0.25) is 10.0 Å². The highest BCUT2D eigenvalue weighted by atomic mass is 35.5. The van der Waals surface area contributed by atoms with Crippen LogP contribution in [0, 0.1) is 16.2 Å². The quantitative estimate of drug-likeness (QED) is 0.157. The van der Waals surface area contributed by atoms with Gasteiger partial charge in [0.25, 0.3) is 5.91 Å². The van der Waals surface area contributed by atoms with E-state index in [1.807, 2.05) is 6.92 Å². The highest BCUT2D eigenvalue weighted by Gasteiger charge is 2.43. The molecule has 2 aliphatic carbocycles. The maximum absolute atomic E-state index is 14.4. The van der Waals surface area contributed by atoms with E-state index in [-0.39, 0.29) is 47.8 Å². The van der Waals surface area contributed by atoms with Crippen LogP contribution in [0.4, 0.5) is 13.2 Å². The van der Waals surface area contributed by atoms with Gasteiger partial charge < -0.3 is 20.7 Å². The number of aromatic nitrogens is 1. The smallest absolute Gasteiger partial charge is 0.431 e. The van der Waals surface area contributed by atoms with E-state index in [2.05, 4.69) is 10.3 Å². The van der Waals surface area contributed by atoms with Crippen LogP contribution in [0.3, 0.4) is 0 Å². The van der Waals surface area contributed by atoms with Gasteiger partial charge in [-0.2, -0.15) is 13.2 Å². The zero-order valence-electron chi connectivity index (χ0n) is 23.0. The fourth-order valence-corrected chi connectivity index (χ4v) is 6.27. The molecule has 1 aromatic rings. The summed E-state index contributed by atoms with van der Waals surface area (Å²) in [4.78, 5) is 43.6. The van der Waals surface area contributed by atoms with Crippen molar-refractivity contribution in [2.45, 2.75) is 83.9 Å². The predicted molar refractivity (Wildman–Crippen MR) is 149 cm³/mol. The number of halogens is 5. The van der Waals surface area contributed by atoms with Crippen LogP contribution < -0.4 is 5.32 Å². The molecule has 1 amide bonds. The van der Waals surface area contributed by atoms with Gasteiger partial charge in [-0.1, -0.05) is 49.4 Å². The minimum atomic E-state index is -5.02. The normalized spacial score (nSPS) is 23.2. The molecule has 1 heterocycles. The van der Waals surface area contributed by atoms with Crippen LogP contribution >= 0.6 is 23.2 Å². The number of aliphatic carboxylic acids is 1. The Morgan fingerprint density at radius 3 is 2.15 bits per heavy atom. The van der Waals surface area contributed by atoms with Gasteiger partial charge in [0.05, 0.1) is 33.1 Å². The monoisotopic (exact) mass is 618 g/mol. The minimum absolute atomic E-state index is 0.000761. The van der Waals surface area contributed by atoms with Crippen molar-refractivity contribution in [1.82, 2.24) is 15.2 Å². The van der Waals surface area contributed by atoms with Crippen LogP contribution in [0.1, 0.15) is 82.0 Å². The molecule has 0 bridgehead atoms. The Morgan fingerprint density at radius 2 is 1.66 bits per heavy atom. The second kappa shape index (κ2) is 13.1. The number of nitrogens with zero attached hydrogens (tertiary/aromatic N) is 2. The molecule has 0 atom stereocenters. The average Bonchev–Trinajstić information content (AvgIpc) is 2.88. The number of carbonyl (C=O) groups is 3. The number of carboxylic acids is 1. The molecule has 2 aliphatic rings. The molecular weight excluding hydrogens is 584 g/mol. The summed E-state index contributed by atoms with van der Waals surface area (Å²) in [6.45, 7) is 2.89. The molecule has 0 spiro atoms. The van der Waals surface area contributed by atoms with Crippen molar-refractivity contribution in [2.75, 3.05) is 13.1 Å². The molecule has 3 N–H and O–H groups in total. The van der Waals surface area contributed by atoms with Gasteiger partial charge in [-0.05, 0) is 50.9 Å². The molecule has 1 aromatic heterocycles. The molecule has 0 aliphatic heterocycles. The van der Waals surface area contributed by atoms with E-state index in [9.17, 15) is 32.7 Å². The molecule has 41 heavy (non-hydrogen) atoms. The SMILES string of the molecule is CC1(CN(CC(=O)c2c(Cl)cncc2Cl)C(=O)/C(C=N)=C(/NC2CCC(C)(C(=O)O)CC2)C(F)(F)F)CCCCC1. The van der Waals surface area contributed by atoms with E-state index in [0.717, 1.165) is 37.0 Å². The van der Waals surface area contributed by atoms with Crippen molar-refractivity contribution in [1.29, 1.82) is 5.41 Å². The van der Waals surface area contributed by atoms with Crippen LogP contribution in [-0.4, -0.2) is 64.2 Å². The van der Waals surface area contributed by atoms with Gasteiger partial charge in [0.2, 0.25) is 0 Å². The Kier molecular flexibility index (Phi) is 10.5. The molecule has 226 valence electrons. The summed E-state index contributed by atoms with van der Waals surface area (Å²) >= 11 is 12.3. The zero-order chi connectivity index (χ0) is 30.6. The lowest BCUT2D eigenvalue weighted by atomic mass is 9.74. The third kappa shape index (κ3) is 8.00. The van der Waals surface area contributed by atoms with Crippen molar-refractivity contribution >= 4 is 47.1 Å². The van der Waals surface area contributed by atoms with Crippen LogP contribution in [0.5, 0.6) is 0 Å². The maximum Gasteiger partial charge on any atom is 0.431 e. The number of hydrogen-bond acceptors (Lipinski definition) is 6. The van der Waals surface area contributed by atoms with Gasteiger partial charge in [0.1, 0.15) is 5.70 Å². The third-order valence-electron chi connectivity index (χ3n) is 8.27. The standard InChI is InChI=1S/C28H35Cl2F3N4O4/c1-26(8-4-3-5-9-26)16-37(15-21(38)22-19(29)13-35-14-20(22)30)24(39)18(12-34)23(28(31,32)33)36-17-6-10-27(2,11-7-17)25(40)41/h12-14,17,34,36H,3-11,15-16H2,1-2H3,(H,40,41)/b23-18+,34-12?. The number of alkyl halides is 3. The van der Waals surface area contributed by atoms with Crippen molar-refractivity contribution in [3.63, 3.8) is 0 Å². The van der Waals surface area contributed by atoms with E-state index >= 15 is 0 Å². The summed E-state index contributed by atoms with van der Waals surface area (Å²) in [5, 5.41) is 19.6. The molecule has 0 radical (unpaired) electrons. The van der Waals surface area contributed by atoms with Crippen molar-refractivity contribution in [3.8, 4) is 0 Å². The van der Waals surface area contributed by atoms with Gasteiger partial charge in [0, 0.05) is 31.2 Å². The van der Waals surface area contributed by atoms with Crippen LogP contribution in [0.25, 0.3) is 0 Å². The predicted octanol–water partition coefficient (Wildman–Crippen LogP) is 6.46. The molecule has 0 saturated heterocycles. The summed E-state index contributed by atoms with van der Waals surface area (Å²) in [6.07, 6.45) is 2.57. The lowest BCUT2D eigenvalue weighted by Crippen LogP contribution is -2.47. The van der Waals surface area contributed by atoms with E-state index in [1.54, 1.807) is 6.92 Å². The van der Waals surface area contributed by atoms with Crippen molar-refractivity contribution in [2.24, 2.45) is 10.8 Å². The number of pyridine rings is 1. The molecule has 2 fully saturated rings. The lowest BCUT2D eigenvalue weighted by molar-refractivity contribution is -0.150. The van der Waals surface area contributed by atoms with E-state index < -0.39 is 58.5 Å². The lowest BCUT2D eigenvalue weighted by Gasteiger charge is -2.39. The Bertz CT molecular complexity index is 1190. The number of Topliss-reactive ketones (excluding diaryl/α,β-unsaturated/α-hetero) is 1. The topological polar surface area (TPSA) is 123 Å². The molecule has 13 heteroatoms. The third-order valence-corrected chi connectivity index (χ3v) is 8.84. The zero-order valence-corrected chi connectivity index (χ0v) is 24.6. The summed E-state index contributed by atoms with van der Waals surface area (Å²) in [5.41, 5.74) is -3.88. The first-order chi connectivity index (χ1) is 19.1. The number of ketones is 1. The highest BCUT2D eigenvalue weighted by molar-refractivity contribution is 6.39. The van der Waals surface area contributed by atoms with Gasteiger partial charge in [-0.15, -0.1) is 0 Å². The number of hydrogen-bond donors (Lipinski definition) is 3. The number of carbonyl (C=O) groups excluding carboxylic acids is 2. The summed E-state index contributed by atoms with van der Waals surface area (Å²) in [6, 6.07) is -0.748. The molecule has 0 aromatic carbocycles. The second-order valence-electron chi connectivity index (χ2n) is 11.6. The molecule has 3 rings (SSSR count). The van der Waals surface area contributed by atoms with Crippen LogP contribution in [0.15, 0.2) is 23.7 Å². The van der Waals surface area contributed by atoms with Crippen molar-refractivity contribution < 1.29 is 32.7 Å². The van der Waals surface area contributed by atoms with Gasteiger partial charge in [-0.25, -0.2) is 0 Å². The van der Waals surface area contributed by atoms with Gasteiger partial charge in [0.15, 0.2) is 5.78 Å². The number of nitrogens with one attached hydrogen (secondary N) is 2. The Labute approximate surface area is 247 Å². The van der Waals surface area contributed by atoms with Crippen LogP contribution in [-0.2, 0) is 9.59 Å². The largest absolute Gasteiger partial charge is 0.481 e. The Morgan fingerprint density at radius 1 is 1.10 bits per heavy atom. The van der Waals surface area contributed by atoms with E-state index in [0.29, 0.717) is 6.21 Å². The van der Waals surface area contributed by atoms with Crippen molar-refractivity contribution in [3.05, 3.63) is 39.3 Å². The first kappa shape index (κ1) is 32.8. The second-order valence-corrected chi connectivity index (χ2v) is 12.5. The molecule has 0 unspecified atom stereocenters. The summed E-state index contributed by atoms with van der Waals surface area (Å²) in [5.74, 6) is -2.79. The maximum atomic E-state index is 14.4. The average molecular weight is 620 g/mol.